The van der Waals surface area contributed by atoms with Gasteiger partial charge in [-0.25, -0.2) is 0 Å². The molecule has 0 saturated carbocycles. The first-order valence-electron chi connectivity index (χ1n) is 7.13. The van der Waals surface area contributed by atoms with Crippen LogP contribution in [0.1, 0.15) is 46.0 Å². The van der Waals surface area contributed by atoms with Crippen LogP contribution in [0.3, 0.4) is 0 Å². The standard InChI is InChI=1S/C14H28N2/c1-13(2)3-10-16-11-6-14(7-12-16)4-8-15-9-5-14/h13,15H,3-12H2,1-2H3. The molecule has 0 aliphatic carbocycles. The molecule has 0 bridgehead atoms. The van der Waals surface area contributed by atoms with E-state index in [1.54, 1.807) is 0 Å². The van der Waals surface area contributed by atoms with Crippen molar-refractivity contribution in [1.82, 2.24) is 10.2 Å². The lowest BCUT2D eigenvalue weighted by atomic mass is 9.71. The first-order chi connectivity index (χ1) is 7.70. The van der Waals surface area contributed by atoms with E-state index in [0.29, 0.717) is 0 Å². The number of likely N-dealkylation sites (tertiary alicyclic amines) is 1. The first-order valence-corrected chi connectivity index (χ1v) is 7.13. The third-order valence-corrected chi connectivity index (χ3v) is 4.60. The van der Waals surface area contributed by atoms with Crippen LogP contribution in [0.4, 0.5) is 0 Å². The molecule has 0 atom stereocenters. The highest BCUT2D eigenvalue weighted by atomic mass is 15.1. The number of nitrogens with one attached hydrogen (secondary N) is 1. The molecule has 0 aromatic heterocycles. The quantitative estimate of drug-likeness (QED) is 0.792. The Balaban J connectivity index is 1.73. The minimum Gasteiger partial charge on any atom is -0.317 e. The van der Waals surface area contributed by atoms with Crippen molar-refractivity contribution < 1.29 is 0 Å². The van der Waals surface area contributed by atoms with Crippen molar-refractivity contribution in [3.63, 3.8) is 0 Å². The molecule has 2 heterocycles. The highest BCUT2D eigenvalue weighted by Crippen LogP contribution is 2.39. The lowest BCUT2D eigenvalue weighted by Crippen LogP contribution is -2.45. The summed E-state index contributed by atoms with van der Waals surface area (Å²) in [5.41, 5.74) is 0.722. The summed E-state index contributed by atoms with van der Waals surface area (Å²) in [6.45, 7) is 11.2. The number of hydrogen-bond acceptors (Lipinski definition) is 2. The monoisotopic (exact) mass is 224 g/mol. The minimum absolute atomic E-state index is 0.722. The van der Waals surface area contributed by atoms with Crippen molar-refractivity contribution in [3.05, 3.63) is 0 Å². The predicted octanol–water partition coefficient (Wildman–Crippen LogP) is 2.50. The Hall–Kier alpha value is -0.0800. The van der Waals surface area contributed by atoms with Gasteiger partial charge in [-0.05, 0) is 76.2 Å². The van der Waals surface area contributed by atoms with Crippen LogP contribution in [0, 0.1) is 11.3 Å². The van der Waals surface area contributed by atoms with Crippen LogP contribution in [0.25, 0.3) is 0 Å². The number of nitrogens with zero attached hydrogens (tertiary/aromatic N) is 1. The zero-order valence-electron chi connectivity index (χ0n) is 11.1. The summed E-state index contributed by atoms with van der Waals surface area (Å²) in [4.78, 5) is 2.69. The summed E-state index contributed by atoms with van der Waals surface area (Å²) in [5.74, 6) is 0.856. The van der Waals surface area contributed by atoms with Crippen LogP contribution >= 0.6 is 0 Å². The fraction of sp³-hybridized carbons (Fsp3) is 1.00. The van der Waals surface area contributed by atoms with E-state index in [9.17, 15) is 0 Å². The Morgan fingerprint density at radius 1 is 1.06 bits per heavy atom. The summed E-state index contributed by atoms with van der Waals surface area (Å²) >= 11 is 0. The van der Waals surface area contributed by atoms with Gasteiger partial charge in [0, 0.05) is 0 Å². The molecule has 0 unspecified atom stereocenters. The molecule has 0 radical (unpaired) electrons. The first kappa shape index (κ1) is 12.4. The smallest absolute Gasteiger partial charge is 0.00134 e. The zero-order valence-corrected chi connectivity index (χ0v) is 11.1. The Labute approximate surface area is 101 Å². The Bertz CT molecular complexity index is 197. The normalized spacial score (nSPS) is 26.4. The Morgan fingerprint density at radius 3 is 2.25 bits per heavy atom. The molecule has 0 aromatic carbocycles. The van der Waals surface area contributed by atoms with E-state index in [0.717, 1.165) is 11.3 Å². The van der Waals surface area contributed by atoms with Crippen molar-refractivity contribution in [3.8, 4) is 0 Å². The van der Waals surface area contributed by atoms with Gasteiger partial charge < -0.3 is 10.2 Å². The third-order valence-electron chi connectivity index (χ3n) is 4.60. The maximum absolute atomic E-state index is 3.49. The largest absolute Gasteiger partial charge is 0.317 e. The number of piperidine rings is 2. The second-order valence-electron chi connectivity index (χ2n) is 6.27. The topological polar surface area (TPSA) is 15.3 Å². The van der Waals surface area contributed by atoms with Gasteiger partial charge in [0.05, 0.1) is 0 Å². The minimum atomic E-state index is 0.722. The van der Waals surface area contributed by atoms with Crippen molar-refractivity contribution in [2.75, 3.05) is 32.7 Å². The summed E-state index contributed by atoms with van der Waals surface area (Å²) < 4.78 is 0. The maximum atomic E-state index is 3.49. The van der Waals surface area contributed by atoms with Gasteiger partial charge >= 0.3 is 0 Å². The summed E-state index contributed by atoms with van der Waals surface area (Å²) in [7, 11) is 0. The van der Waals surface area contributed by atoms with E-state index in [4.69, 9.17) is 0 Å². The van der Waals surface area contributed by atoms with Crippen LogP contribution in [-0.2, 0) is 0 Å². The van der Waals surface area contributed by atoms with Gasteiger partial charge in [0.25, 0.3) is 0 Å². The van der Waals surface area contributed by atoms with Crippen LogP contribution in [-0.4, -0.2) is 37.6 Å². The maximum Gasteiger partial charge on any atom is -0.00134 e. The second-order valence-corrected chi connectivity index (χ2v) is 6.27. The second kappa shape index (κ2) is 5.50. The summed E-state index contributed by atoms with van der Waals surface area (Å²) in [6, 6.07) is 0. The molecule has 1 spiro atoms. The molecule has 1 N–H and O–H groups in total. The van der Waals surface area contributed by atoms with Gasteiger partial charge in [-0.2, -0.15) is 0 Å². The number of hydrogen-bond donors (Lipinski definition) is 1. The van der Waals surface area contributed by atoms with Crippen molar-refractivity contribution in [2.24, 2.45) is 11.3 Å². The molecular weight excluding hydrogens is 196 g/mol. The van der Waals surface area contributed by atoms with Crippen LogP contribution in [0.5, 0.6) is 0 Å². The molecule has 2 fully saturated rings. The number of rotatable bonds is 3. The van der Waals surface area contributed by atoms with E-state index >= 15 is 0 Å². The van der Waals surface area contributed by atoms with Crippen molar-refractivity contribution in [1.29, 1.82) is 0 Å². The van der Waals surface area contributed by atoms with E-state index in [-0.39, 0.29) is 0 Å². The van der Waals surface area contributed by atoms with Gasteiger partial charge in [0.1, 0.15) is 0 Å². The molecular formula is C14H28N2. The molecule has 2 aliphatic heterocycles. The van der Waals surface area contributed by atoms with Gasteiger partial charge in [0.2, 0.25) is 0 Å². The average Bonchev–Trinajstić information content (AvgIpc) is 2.29. The molecule has 2 heteroatoms. The summed E-state index contributed by atoms with van der Waals surface area (Å²) in [6.07, 6.45) is 7.12. The molecule has 16 heavy (non-hydrogen) atoms. The van der Waals surface area contributed by atoms with Crippen LogP contribution in [0.2, 0.25) is 0 Å². The Morgan fingerprint density at radius 2 is 1.69 bits per heavy atom. The van der Waals surface area contributed by atoms with Crippen LogP contribution in [0.15, 0.2) is 0 Å². The van der Waals surface area contributed by atoms with E-state index in [1.807, 2.05) is 0 Å². The lowest BCUT2D eigenvalue weighted by molar-refractivity contribution is 0.0716. The average molecular weight is 224 g/mol. The van der Waals surface area contributed by atoms with Gasteiger partial charge in [-0.15, -0.1) is 0 Å². The van der Waals surface area contributed by atoms with E-state index < -0.39 is 0 Å². The fourth-order valence-electron chi connectivity index (χ4n) is 3.15. The van der Waals surface area contributed by atoms with Gasteiger partial charge in [-0.3, -0.25) is 0 Å². The highest BCUT2D eigenvalue weighted by molar-refractivity contribution is 4.89. The zero-order chi connectivity index (χ0) is 11.4. The van der Waals surface area contributed by atoms with E-state index in [2.05, 4.69) is 24.1 Å². The fourth-order valence-corrected chi connectivity index (χ4v) is 3.15. The van der Waals surface area contributed by atoms with Gasteiger partial charge in [0.15, 0.2) is 0 Å². The molecule has 2 saturated heterocycles. The Kier molecular flexibility index (Phi) is 4.26. The molecule has 0 aromatic rings. The SMILES string of the molecule is CC(C)CCN1CCC2(CCNCC2)CC1. The van der Waals surface area contributed by atoms with Gasteiger partial charge in [-0.1, -0.05) is 13.8 Å². The molecule has 2 rings (SSSR count). The molecule has 2 aliphatic rings. The predicted molar refractivity (Wildman–Crippen MR) is 69.7 cm³/mol. The molecule has 94 valence electrons. The van der Waals surface area contributed by atoms with Crippen molar-refractivity contribution in [2.45, 2.75) is 46.0 Å². The summed E-state index contributed by atoms with van der Waals surface area (Å²) in [5, 5.41) is 3.49. The molecule has 0 amide bonds. The van der Waals surface area contributed by atoms with E-state index in [1.165, 1.54) is 64.8 Å². The highest BCUT2D eigenvalue weighted by Gasteiger charge is 2.35. The van der Waals surface area contributed by atoms with Crippen LogP contribution < -0.4 is 5.32 Å². The lowest BCUT2D eigenvalue weighted by Gasteiger charge is -2.44. The third kappa shape index (κ3) is 3.21. The van der Waals surface area contributed by atoms with Crippen molar-refractivity contribution >= 4 is 0 Å². The molecule has 2 nitrogen and oxygen atoms in total.